The third-order valence-electron chi connectivity index (χ3n) is 3.11. The number of nitrogens with one attached hydrogen (secondary N) is 1. The topological polar surface area (TPSA) is 77.6 Å². The Kier molecular flexibility index (Phi) is 4.49. The second kappa shape index (κ2) is 6.31. The SMILES string of the molecule is Cc1nc(C)n(CCCNC(=O)[C@@H](C)n2cccn2)n1. The van der Waals surface area contributed by atoms with E-state index in [1.807, 2.05) is 25.5 Å². The number of aromatic nitrogens is 5. The van der Waals surface area contributed by atoms with Gasteiger partial charge in [0, 0.05) is 25.5 Å². The lowest BCUT2D eigenvalue weighted by Crippen LogP contribution is -2.32. The number of aryl methyl sites for hydroxylation is 3. The maximum Gasteiger partial charge on any atom is 0.244 e. The first-order valence-electron chi connectivity index (χ1n) is 6.73. The summed E-state index contributed by atoms with van der Waals surface area (Å²) in [4.78, 5) is 16.2. The predicted octanol–water partition coefficient (Wildman–Crippen LogP) is 0.859. The molecule has 7 heteroatoms. The van der Waals surface area contributed by atoms with Crippen LogP contribution in [0.3, 0.4) is 0 Å². The summed E-state index contributed by atoms with van der Waals surface area (Å²) in [6.45, 7) is 6.99. The molecule has 2 rings (SSSR count). The smallest absolute Gasteiger partial charge is 0.244 e. The number of carbonyl (C=O) groups is 1. The Bertz CT molecular complexity index is 559. The number of amides is 1. The highest BCUT2D eigenvalue weighted by Gasteiger charge is 2.13. The number of carbonyl (C=O) groups excluding carboxylic acids is 1. The quantitative estimate of drug-likeness (QED) is 0.794. The summed E-state index contributed by atoms with van der Waals surface area (Å²) in [5, 5.41) is 11.2. The van der Waals surface area contributed by atoms with Crippen molar-refractivity contribution >= 4 is 5.91 Å². The summed E-state index contributed by atoms with van der Waals surface area (Å²) in [5.74, 6) is 1.65. The summed E-state index contributed by atoms with van der Waals surface area (Å²) in [7, 11) is 0. The molecule has 2 aromatic heterocycles. The van der Waals surface area contributed by atoms with Crippen molar-refractivity contribution in [2.45, 2.75) is 39.8 Å². The van der Waals surface area contributed by atoms with Crippen LogP contribution in [0.15, 0.2) is 18.5 Å². The fourth-order valence-electron chi connectivity index (χ4n) is 1.99. The molecule has 0 aliphatic heterocycles. The molecule has 0 saturated heterocycles. The van der Waals surface area contributed by atoms with E-state index in [2.05, 4.69) is 20.5 Å². The van der Waals surface area contributed by atoms with Crippen molar-refractivity contribution < 1.29 is 4.79 Å². The molecule has 0 spiro atoms. The van der Waals surface area contributed by atoms with Crippen LogP contribution in [-0.4, -0.2) is 37.0 Å². The van der Waals surface area contributed by atoms with Crippen molar-refractivity contribution in [1.29, 1.82) is 0 Å². The zero-order valence-electron chi connectivity index (χ0n) is 12.1. The van der Waals surface area contributed by atoms with Crippen LogP contribution in [-0.2, 0) is 11.3 Å². The zero-order valence-corrected chi connectivity index (χ0v) is 12.1. The standard InChI is InChI=1S/C13H20N6O/c1-10(18-8-5-7-15-18)13(20)14-6-4-9-19-12(3)16-11(2)17-19/h5,7-8,10H,4,6,9H2,1-3H3,(H,14,20)/t10-/m1/s1. The molecule has 20 heavy (non-hydrogen) atoms. The van der Waals surface area contributed by atoms with Gasteiger partial charge in [0.2, 0.25) is 5.91 Å². The van der Waals surface area contributed by atoms with Crippen LogP contribution in [0.25, 0.3) is 0 Å². The number of rotatable bonds is 6. The molecule has 0 radical (unpaired) electrons. The highest BCUT2D eigenvalue weighted by molar-refractivity contribution is 5.79. The summed E-state index contributed by atoms with van der Waals surface area (Å²) in [6.07, 6.45) is 4.27. The molecule has 0 fully saturated rings. The first kappa shape index (κ1) is 14.2. The Morgan fingerprint density at radius 1 is 1.45 bits per heavy atom. The minimum atomic E-state index is -0.291. The second-order valence-corrected chi connectivity index (χ2v) is 4.74. The lowest BCUT2D eigenvalue weighted by atomic mass is 10.3. The highest BCUT2D eigenvalue weighted by Crippen LogP contribution is 2.03. The predicted molar refractivity (Wildman–Crippen MR) is 74.1 cm³/mol. The van der Waals surface area contributed by atoms with Crippen molar-refractivity contribution in [3.05, 3.63) is 30.1 Å². The van der Waals surface area contributed by atoms with Crippen molar-refractivity contribution in [1.82, 2.24) is 29.9 Å². The molecule has 0 saturated carbocycles. The normalized spacial score (nSPS) is 12.3. The third kappa shape index (κ3) is 3.43. The molecule has 7 nitrogen and oxygen atoms in total. The van der Waals surface area contributed by atoms with Gasteiger partial charge < -0.3 is 5.32 Å². The van der Waals surface area contributed by atoms with Crippen LogP contribution in [0, 0.1) is 13.8 Å². The first-order valence-corrected chi connectivity index (χ1v) is 6.73. The summed E-state index contributed by atoms with van der Waals surface area (Å²) >= 11 is 0. The van der Waals surface area contributed by atoms with E-state index in [4.69, 9.17) is 0 Å². The van der Waals surface area contributed by atoms with Gasteiger partial charge in [-0.1, -0.05) is 0 Å². The Labute approximate surface area is 118 Å². The van der Waals surface area contributed by atoms with Crippen LogP contribution in [0.5, 0.6) is 0 Å². The average molecular weight is 276 g/mol. The Morgan fingerprint density at radius 2 is 2.25 bits per heavy atom. The monoisotopic (exact) mass is 276 g/mol. The molecule has 0 aliphatic rings. The van der Waals surface area contributed by atoms with Crippen LogP contribution >= 0.6 is 0 Å². The van der Waals surface area contributed by atoms with Crippen molar-refractivity contribution in [2.24, 2.45) is 0 Å². The lowest BCUT2D eigenvalue weighted by molar-refractivity contribution is -0.124. The van der Waals surface area contributed by atoms with Crippen molar-refractivity contribution in [3.8, 4) is 0 Å². The Hall–Kier alpha value is -2.18. The zero-order chi connectivity index (χ0) is 14.5. The van der Waals surface area contributed by atoms with Gasteiger partial charge in [-0.3, -0.25) is 14.2 Å². The van der Waals surface area contributed by atoms with Gasteiger partial charge in [0.1, 0.15) is 17.7 Å². The van der Waals surface area contributed by atoms with Crippen molar-refractivity contribution in [3.63, 3.8) is 0 Å². The van der Waals surface area contributed by atoms with E-state index in [1.165, 1.54) is 0 Å². The molecule has 0 bridgehead atoms. The van der Waals surface area contributed by atoms with E-state index in [-0.39, 0.29) is 11.9 Å². The Balaban J connectivity index is 1.73. The van der Waals surface area contributed by atoms with Gasteiger partial charge in [0.05, 0.1) is 0 Å². The molecule has 1 amide bonds. The molecule has 108 valence electrons. The van der Waals surface area contributed by atoms with Gasteiger partial charge in [-0.15, -0.1) is 0 Å². The molecule has 1 N–H and O–H groups in total. The second-order valence-electron chi connectivity index (χ2n) is 4.74. The third-order valence-corrected chi connectivity index (χ3v) is 3.11. The average Bonchev–Trinajstić information content (AvgIpc) is 3.03. The van der Waals surface area contributed by atoms with Gasteiger partial charge in [0.25, 0.3) is 0 Å². The van der Waals surface area contributed by atoms with Crippen LogP contribution < -0.4 is 5.32 Å². The summed E-state index contributed by atoms with van der Waals surface area (Å²) in [5.41, 5.74) is 0. The van der Waals surface area contributed by atoms with Crippen LogP contribution in [0.1, 0.15) is 31.0 Å². The molecule has 1 atom stereocenters. The van der Waals surface area contributed by atoms with E-state index >= 15 is 0 Å². The van der Waals surface area contributed by atoms with Gasteiger partial charge in [0.15, 0.2) is 0 Å². The van der Waals surface area contributed by atoms with Crippen LogP contribution in [0.4, 0.5) is 0 Å². The van der Waals surface area contributed by atoms with Gasteiger partial charge in [-0.05, 0) is 33.3 Å². The van der Waals surface area contributed by atoms with E-state index in [0.29, 0.717) is 6.54 Å². The maximum absolute atomic E-state index is 11.9. The first-order chi connectivity index (χ1) is 9.58. The number of nitrogens with zero attached hydrogens (tertiary/aromatic N) is 5. The maximum atomic E-state index is 11.9. The van der Waals surface area contributed by atoms with Crippen molar-refractivity contribution in [2.75, 3.05) is 6.54 Å². The minimum Gasteiger partial charge on any atom is -0.354 e. The molecule has 0 unspecified atom stereocenters. The summed E-state index contributed by atoms with van der Waals surface area (Å²) in [6, 6.07) is 1.51. The molecular formula is C13H20N6O. The van der Waals surface area contributed by atoms with E-state index in [9.17, 15) is 4.79 Å². The largest absolute Gasteiger partial charge is 0.354 e. The molecular weight excluding hydrogens is 256 g/mol. The fraction of sp³-hybridized carbons (Fsp3) is 0.538. The van der Waals surface area contributed by atoms with Gasteiger partial charge >= 0.3 is 0 Å². The molecule has 2 heterocycles. The fourth-order valence-corrected chi connectivity index (χ4v) is 1.99. The molecule has 0 aromatic carbocycles. The van der Waals surface area contributed by atoms with E-state index in [1.54, 1.807) is 23.1 Å². The van der Waals surface area contributed by atoms with Gasteiger partial charge in [-0.25, -0.2) is 4.98 Å². The number of hydrogen-bond acceptors (Lipinski definition) is 4. The van der Waals surface area contributed by atoms with Crippen LogP contribution in [0.2, 0.25) is 0 Å². The molecule has 0 aliphatic carbocycles. The highest BCUT2D eigenvalue weighted by atomic mass is 16.2. The van der Waals surface area contributed by atoms with E-state index < -0.39 is 0 Å². The van der Waals surface area contributed by atoms with Gasteiger partial charge in [-0.2, -0.15) is 10.2 Å². The number of hydrogen-bond donors (Lipinski definition) is 1. The van der Waals surface area contributed by atoms with E-state index in [0.717, 1.165) is 24.6 Å². The lowest BCUT2D eigenvalue weighted by Gasteiger charge is -2.12. The minimum absolute atomic E-state index is 0.0276. The molecule has 2 aromatic rings. The Morgan fingerprint density at radius 3 is 2.85 bits per heavy atom. The summed E-state index contributed by atoms with van der Waals surface area (Å²) < 4.78 is 3.50.